The highest BCUT2D eigenvalue weighted by Gasteiger charge is 2.22. The number of benzene rings is 1. The number of H-pyrrole nitrogens is 1. The molecular formula is C24H29ClFN7O2. The van der Waals surface area contributed by atoms with Gasteiger partial charge in [-0.2, -0.15) is 0 Å². The third kappa shape index (κ3) is 5.77. The Kier molecular flexibility index (Phi) is 7.94. The van der Waals surface area contributed by atoms with Crippen LogP contribution in [0, 0.1) is 5.82 Å². The van der Waals surface area contributed by atoms with Crippen LogP contribution in [0.1, 0.15) is 35.5 Å². The van der Waals surface area contributed by atoms with E-state index in [4.69, 9.17) is 16.3 Å². The summed E-state index contributed by atoms with van der Waals surface area (Å²) in [5.41, 5.74) is 2.61. The van der Waals surface area contributed by atoms with Crippen LogP contribution in [0.3, 0.4) is 0 Å². The second-order valence-corrected chi connectivity index (χ2v) is 8.98. The molecule has 1 aliphatic rings. The molecule has 1 amide bonds. The number of fused-ring (bicyclic) bond motifs is 1. The molecule has 0 spiro atoms. The first kappa shape index (κ1) is 25.0. The molecule has 0 atom stereocenters. The molecule has 9 nitrogen and oxygen atoms in total. The summed E-state index contributed by atoms with van der Waals surface area (Å²) in [6.45, 7) is 8.26. The molecule has 1 aromatic carbocycles. The van der Waals surface area contributed by atoms with Gasteiger partial charge in [-0.05, 0) is 26.0 Å². The number of morpholine rings is 1. The number of ether oxygens (including phenoxy) is 1. The molecule has 0 aliphatic carbocycles. The van der Waals surface area contributed by atoms with E-state index in [0.29, 0.717) is 53.6 Å². The average molecular weight is 502 g/mol. The van der Waals surface area contributed by atoms with Gasteiger partial charge in [-0.15, -0.1) is 0 Å². The van der Waals surface area contributed by atoms with Gasteiger partial charge in [0.1, 0.15) is 17.0 Å². The number of hydrogen-bond donors (Lipinski definition) is 3. The largest absolute Gasteiger partial charge is 0.383 e. The molecule has 0 radical (unpaired) electrons. The van der Waals surface area contributed by atoms with Gasteiger partial charge in [-0.25, -0.2) is 14.4 Å². The zero-order valence-corrected chi connectivity index (χ0v) is 20.7. The van der Waals surface area contributed by atoms with Gasteiger partial charge in [0.05, 0.1) is 36.2 Å². The van der Waals surface area contributed by atoms with Crippen molar-refractivity contribution in [2.75, 3.05) is 51.8 Å². The number of nitrogens with zero attached hydrogens (tertiary/aromatic N) is 4. The number of aromatic amines is 1. The van der Waals surface area contributed by atoms with Crippen molar-refractivity contribution in [3.63, 3.8) is 0 Å². The maximum atomic E-state index is 15.3. The van der Waals surface area contributed by atoms with E-state index in [0.717, 1.165) is 19.6 Å². The second-order valence-electron chi connectivity index (χ2n) is 8.55. The first-order valence-corrected chi connectivity index (χ1v) is 11.9. The minimum absolute atomic E-state index is 0.0365. The van der Waals surface area contributed by atoms with E-state index in [9.17, 15) is 4.79 Å². The van der Waals surface area contributed by atoms with Gasteiger partial charge in [0.2, 0.25) is 0 Å². The van der Waals surface area contributed by atoms with E-state index in [1.165, 1.54) is 12.3 Å². The monoisotopic (exact) mass is 501 g/mol. The van der Waals surface area contributed by atoms with Crippen molar-refractivity contribution in [3.05, 3.63) is 52.2 Å². The Balaban J connectivity index is 1.65. The minimum Gasteiger partial charge on any atom is -0.383 e. The fourth-order valence-electron chi connectivity index (χ4n) is 4.00. The van der Waals surface area contributed by atoms with E-state index < -0.39 is 5.82 Å². The van der Waals surface area contributed by atoms with Crippen molar-refractivity contribution < 1.29 is 13.9 Å². The van der Waals surface area contributed by atoms with Gasteiger partial charge < -0.3 is 20.4 Å². The first-order valence-electron chi connectivity index (χ1n) is 11.5. The Hall–Kier alpha value is -3.08. The highest BCUT2D eigenvalue weighted by molar-refractivity contribution is 6.31. The lowest BCUT2D eigenvalue weighted by molar-refractivity contribution is 0.0398. The highest BCUT2D eigenvalue weighted by Crippen LogP contribution is 2.28. The molecule has 1 aliphatic heterocycles. The summed E-state index contributed by atoms with van der Waals surface area (Å²) in [6, 6.07) is 2.89. The van der Waals surface area contributed by atoms with E-state index in [-0.39, 0.29) is 22.5 Å². The molecule has 0 bridgehead atoms. The van der Waals surface area contributed by atoms with Crippen LogP contribution in [0.15, 0.2) is 29.5 Å². The van der Waals surface area contributed by atoms with Crippen LogP contribution in [0.2, 0.25) is 5.02 Å². The molecule has 4 rings (SSSR count). The molecule has 35 heavy (non-hydrogen) atoms. The van der Waals surface area contributed by atoms with E-state index in [1.807, 2.05) is 13.8 Å². The van der Waals surface area contributed by atoms with Gasteiger partial charge in [-0.1, -0.05) is 11.6 Å². The lowest BCUT2D eigenvalue weighted by atomic mass is 10.0. The van der Waals surface area contributed by atoms with Crippen molar-refractivity contribution >= 4 is 40.1 Å². The van der Waals surface area contributed by atoms with Gasteiger partial charge >= 0.3 is 0 Å². The fraction of sp³-hybridized carbons (Fsp3) is 0.417. The standard InChI is InChI=1S/C24H29ClFN7O2/c1-14(2)31-24(34)16-12-29-23-21(16)32-19(13-30-23)22(27-3)20-17(26)10-15(25)11-18(20)28-4-5-33-6-8-35-9-7-33/h10-14,28H,4-9H2,1-3H3,(H,29,30)(H,31,34). The van der Waals surface area contributed by atoms with Crippen LogP contribution in [0.5, 0.6) is 0 Å². The number of nitrogens with one attached hydrogen (secondary N) is 3. The molecule has 3 aromatic rings. The van der Waals surface area contributed by atoms with E-state index >= 15 is 4.39 Å². The molecule has 1 fully saturated rings. The van der Waals surface area contributed by atoms with E-state index in [2.05, 4.69) is 35.5 Å². The maximum Gasteiger partial charge on any atom is 0.255 e. The molecule has 2 aromatic heterocycles. The van der Waals surface area contributed by atoms with E-state index in [1.54, 1.807) is 19.3 Å². The maximum absolute atomic E-state index is 15.3. The number of aliphatic imine (C=N–C) groups is 1. The topological polar surface area (TPSA) is 108 Å². The predicted molar refractivity (Wildman–Crippen MR) is 135 cm³/mol. The van der Waals surface area contributed by atoms with Gasteiger partial charge in [0.15, 0.2) is 5.65 Å². The number of carbonyl (C=O) groups excluding carboxylic acids is 1. The molecule has 1 saturated heterocycles. The number of hydrogen-bond acceptors (Lipinski definition) is 7. The normalized spacial score (nSPS) is 15.1. The Morgan fingerprint density at radius 3 is 2.83 bits per heavy atom. The van der Waals surface area contributed by atoms with Crippen LogP contribution >= 0.6 is 11.6 Å². The molecule has 3 N–H and O–H groups in total. The Bertz CT molecular complexity index is 1240. The first-order chi connectivity index (χ1) is 16.9. The zero-order chi connectivity index (χ0) is 24.9. The Labute approximate surface area is 208 Å². The van der Waals surface area contributed by atoms with Crippen molar-refractivity contribution in [1.82, 2.24) is 25.2 Å². The third-order valence-corrected chi connectivity index (χ3v) is 5.87. The summed E-state index contributed by atoms with van der Waals surface area (Å²) < 4.78 is 20.7. The summed E-state index contributed by atoms with van der Waals surface area (Å²) in [5, 5.41) is 6.43. The summed E-state index contributed by atoms with van der Waals surface area (Å²) >= 11 is 6.18. The lowest BCUT2D eigenvalue weighted by Crippen LogP contribution is -2.39. The molecule has 3 heterocycles. The van der Waals surface area contributed by atoms with Gasteiger partial charge in [-0.3, -0.25) is 14.7 Å². The van der Waals surface area contributed by atoms with Crippen molar-refractivity contribution in [1.29, 1.82) is 0 Å². The number of aromatic nitrogens is 3. The van der Waals surface area contributed by atoms with Crippen LogP contribution in [0.25, 0.3) is 11.2 Å². The quantitative estimate of drug-likeness (QED) is 0.409. The smallest absolute Gasteiger partial charge is 0.255 e. The van der Waals surface area contributed by atoms with Gasteiger partial charge in [0, 0.05) is 56.2 Å². The third-order valence-electron chi connectivity index (χ3n) is 5.65. The number of anilines is 1. The highest BCUT2D eigenvalue weighted by atomic mass is 35.5. The molecule has 0 unspecified atom stereocenters. The van der Waals surface area contributed by atoms with Gasteiger partial charge in [0.25, 0.3) is 5.91 Å². The number of amides is 1. The summed E-state index contributed by atoms with van der Waals surface area (Å²) in [4.78, 5) is 31.2. The lowest BCUT2D eigenvalue weighted by Gasteiger charge is -2.27. The molecular weight excluding hydrogens is 473 g/mol. The predicted octanol–water partition coefficient (Wildman–Crippen LogP) is 3.10. The van der Waals surface area contributed by atoms with Crippen LogP contribution < -0.4 is 10.6 Å². The second kappa shape index (κ2) is 11.1. The van der Waals surface area contributed by atoms with Crippen LogP contribution in [-0.4, -0.2) is 84.0 Å². The van der Waals surface area contributed by atoms with Crippen LogP contribution in [0.4, 0.5) is 10.1 Å². The average Bonchev–Trinajstić information content (AvgIpc) is 3.25. The minimum atomic E-state index is -0.527. The van der Waals surface area contributed by atoms with Crippen molar-refractivity contribution in [2.45, 2.75) is 19.9 Å². The molecule has 0 saturated carbocycles. The Morgan fingerprint density at radius 2 is 2.11 bits per heavy atom. The summed E-state index contributed by atoms with van der Waals surface area (Å²) in [7, 11) is 1.57. The van der Waals surface area contributed by atoms with Crippen molar-refractivity contribution in [2.24, 2.45) is 4.99 Å². The molecule has 11 heteroatoms. The van der Waals surface area contributed by atoms with Crippen molar-refractivity contribution in [3.8, 4) is 0 Å². The molecule has 186 valence electrons. The number of carbonyl (C=O) groups is 1. The SMILES string of the molecule is CN=C(c1cnc2[nH]cc(C(=O)NC(C)C)c2n1)c1c(F)cc(Cl)cc1NCCN1CCOCC1. The summed E-state index contributed by atoms with van der Waals surface area (Å²) in [6.07, 6.45) is 3.08. The Morgan fingerprint density at radius 1 is 1.34 bits per heavy atom. The fourth-order valence-corrected chi connectivity index (χ4v) is 4.20. The van der Waals surface area contributed by atoms with Crippen LogP contribution in [-0.2, 0) is 4.74 Å². The zero-order valence-electron chi connectivity index (χ0n) is 20.0. The number of halogens is 2. The summed E-state index contributed by atoms with van der Waals surface area (Å²) in [5.74, 6) is -0.795. The number of rotatable bonds is 8.